The molecular formula is C10H12ClN3. The van der Waals surface area contributed by atoms with Gasteiger partial charge in [0.25, 0.3) is 0 Å². The number of nitrogens with one attached hydrogen (secondary N) is 1. The number of hydrogen-bond donors (Lipinski definition) is 2. The van der Waals surface area contributed by atoms with Crippen LogP contribution in [0.3, 0.4) is 0 Å². The van der Waals surface area contributed by atoms with E-state index >= 15 is 0 Å². The number of rotatable bonds is 3. The lowest BCUT2D eigenvalue weighted by atomic mass is 10.1. The van der Waals surface area contributed by atoms with Gasteiger partial charge in [0, 0.05) is 11.9 Å². The van der Waals surface area contributed by atoms with Gasteiger partial charge in [-0.2, -0.15) is 0 Å². The SMILES string of the molecule is NC(CCCl)c1ccc2nc[nH]c2c1. The second-order valence-electron chi connectivity index (χ2n) is 3.26. The highest BCUT2D eigenvalue weighted by molar-refractivity contribution is 6.17. The van der Waals surface area contributed by atoms with Crippen LogP contribution in [0, 0.1) is 0 Å². The van der Waals surface area contributed by atoms with E-state index in [4.69, 9.17) is 17.3 Å². The van der Waals surface area contributed by atoms with Crippen molar-refractivity contribution >= 4 is 22.6 Å². The van der Waals surface area contributed by atoms with Gasteiger partial charge in [0.05, 0.1) is 17.4 Å². The first-order valence-corrected chi connectivity index (χ1v) is 5.09. The molecule has 74 valence electrons. The lowest BCUT2D eigenvalue weighted by Gasteiger charge is -2.09. The summed E-state index contributed by atoms with van der Waals surface area (Å²) in [5, 5.41) is 0. The van der Waals surface area contributed by atoms with E-state index in [1.54, 1.807) is 6.33 Å². The average Bonchev–Trinajstić information content (AvgIpc) is 2.64. The fourth-order valence-corrected chi connectivity index (χ4v) is 1.70. The van der Waals surface area contributed by atoms with Crippen LogP contribution in [0.4, 0.5) is 0 Å². The number of alkyl halides is 1. The smallest absolute Gasteiger partial charge is 0.0931 e. The van der Waals surface area contributed by atoms with Gasteiger partial charge in [0.1, 0.15) is 0 Å². The number of nitrogens with two attached hydrogens (primary N) is 1. The maximum Gasteiger partial charge on any atom is 0.0931 e. The highest BCUT2D eigenvalue weighted by Crippen LogP contribution is 2.18. The second-order valence-corrected chi connectivity index (χ2v) is 3.64. The number of aromatic nitrogens is 2. The molecule has 0 spiro atoms. The van der Waals surface area contributed by atoms with Gasteiger partial charge in [-0.3, -0.25) is 0 Å². The molecule has 1 unspecified atom stereocenters. The summed E-state index contributed by atoms with van der Waals surface area (Å²) < 4.78 is 0. The Bertz CT molecular complexity index is 424. The summed E-state index contributed by atoms with van der Waals surface area (Å²) in [5.41, 5.74) is 9.03. The molecule has 0 amide bonds. The Morgan fingerprint density at radius 3 is 3.14 bits per heavy atom. The van der Waals surface area contributed by atoms with Crippen LogP contribution in [0.5, 0.6) is 0 Å². The molecule has 0 aliphatic rings. The summed E-state index contributed by atoms with van der Waals surface area (Å²) in [6, 6.07) is 6.01. The predicted molar refractivity (Wildman–Crippen MR) is 58.4 cm³/mol. The van der Waals surface area contributed by atoms with Crippen LogP contribution in [0.1, 0.15) is 18.0 Å². The zero-order chi connectivity index (χ0) is 9.97. The molecule has 0 aliphatic heterocycles. The largest absolute Gasteiger partial charge is 0.345 e. The van der Waals surface area contributed by atoms with Crippen LogP contribution >= 0.6 is 11.6 Å². The minimum Gasteiger partial charge on any atom is -0.345 e. The minimum atomic E-state index is 0.0141. The molecule has 0 saturated heterocycles. The Hall–Kier alpha value is -1.06. The molecule has 0 aliphatic carbocycles. The highest BCUT2D eigenvalue weighted by atomic mass is 35.5. The number of imidazole rings is 1. The zero-order valence-electron chi connectivity index (χ0n) is 7.70. The van der Waals surface area contributed by atoms with Crippen LogP contribution in [-0.4, -0.2) is 15.8 Å². The third kappa shape index (κ3) is 1.74. The minimum absolute atomic E-state index is 0.0141. The molecule has 0 bridgehead atoms. The van der Waals surface area contributed by atoms with Crippen molar-refractivity contribution in [1.82, 2.24) is 9.97 Å². The second kappa shape index (κ2) is 3.98. The standard InChI is InChI=1S/C10H12ClN3/c11-4-3-8(12)7-1-2-9-10(5-7)14-6-13-9/h1-2,5-6,8H,3-4,12H2,(H,13,14). The summed E-state index contributed by atoms with van der Waals surface area (Å²) >= 11 is 5.64. The van der Waals surface area contributed by atoms with E-state index in [2.05, 4.69) is 9.97 Å². The quantitative estimate of drug-likeness (QED) is 0.762. The van der Waals surface area contributed by atoms with E-state index in [1.165, 1.54) is 0 Å². The number of nitrogens with zero attached hydrogens (tertiary/aromatic N) is 1. The summed E-state index contributed by atoms with van der Waals surface area (Å²) in [4.78, 5) is 7.20. The van der Waals surface area contributed by atoms with E-state index in [0.29, 0.717) is 5.88 Å². The molecule has 1 atom stereocenters. The zero-order valence-corrected chi connectivity index (χ0v) is 8.46. The van der Waals surface area contributed by atoms with Gasteiger partial charge in [-0.15, -0.1) is 11.6 Å². The van der Waals surface area contributed by atoms with Crippen molar-refractivity contribution in [3.05, 3.63) is 30.1 Å². The van der Waals surface area contributed by atoms with Gasteiger partial charge in [-0.05, 0) is 24.1 Å². The Morgan fingerprint density at radius 2 is 2.36 bits per heavy atom. The summed E-state index contributed by atoms with van der Waals surface area (Å²) in [6.07, 6.45) is 2.47. The van der Waals surface area contributed by atoms with Gasteiger partial charge in [0.2, 0.25) is 0 Å². The molecule has 1 aromatic heterocycles. The molecule has 0 saturated carbocycles. The van der Waals surface area contributed by atoms with E-state index in [0.717, 1.165) is 23.0 Å². The molecule has 0 radical (unpaired) electrons. The number of benzene rings is 1. The van der Waals surface area contributed by atoms with Crippen LogP contribution in [0.2, 0.25) is 0 Å². The maximum absolute atomic E-state index is 5.95. The predicted octanol–water partition coefficient (Wildman–Crippen LogP) is 2.19. The number of aromatic amines is 1. The van der Waals surface area contributed by atoms with Gasteiger partial charge in [-0.1, -0.05) is 6.07 Å². The molecule has 1 heterocycles. The molecule has 2 aromatic rings. The Kier molecular flexibility index (Phi) is 2.70. The molecule has 3 N–H and O–H groups in total. The van der Waals surface area contributed by atoms with Gasteiger partial charge < -0.3 is 10.7 Å². The first-order chi connectivity index (χ1) is 6.81. The van der Waals surface area contributed by atoms with E-state index in [1.807, 2.05) is 18.2 Å². The Labute approximate surface area is 87.3 Å². The molecular weight excluding hydrogens is 198 g/mol. The summed E-state index contributed by atoms with van der Waals surface area (Å²) in [7, 11) is 0. The van der Waals surface area contributed by atoms with Crippen LogP contribution in [0.25, 0.3) is 11.0 Å². The van der Waals surface area contributed by atoms with Crippen molar-refractivity contribution in [3.63, 3.8) is 0 Å². The first-order valence-electron chi connectivity index (χ1n) is 4.56. The van der Waals surface area contributed by atoms with Crippen molar-refractivity contribution in [3.8, 4) is 0 Å². The van der Waals surface area contributed by atoms with Crippen molar-refractivity contribution in [2.45, 2.75) is 12.5 Å². The number of fused-ring (bicyclic) bond motifs is 1. The van der Waals surface area contributed by atoms with Crippen LogP contribution in [0.15, 0.2) is 24.5 Å². The lowest BCUT2D eigenvalue weighted by Crippen LogP contribution is -2.10. The van der Waals surface area contributed by atoms with Gasteiger partial charge >= 0.3 is 0 Å². The number of H-pyrrole nitrogens is 1. The number of hydrogen-bond acceptors (Lipinski definition) is 2. The fourth-order valence-electron chi connectivity index (χ4n) is 1.47. The van der Waals surface area contributed by atoms with Crippen LogP contribution < -0.4 is 5.73 Å². The molecule has 4 heteroatoms. The third-order valence-electron chi connectivity index (χ3n) is 2.29. The Balaban J connectivity index is 2.33. The van der Waals surface area contributed by atoms with Crippen molar-refractivity contribution in [2.24, 2.45) is 5.73 Å². The number of halogens is 1. The van der Waals surface area contributed by atoms with E-state index in [-0.39, 0.29) is 6.04 Å². The van der Waals surface area contributed by atoms with Gasteiger partial charge in [0.15, 0.2) is 0 Å². The topological polar surface area (TPSA) is 54.7 Å². The fraction of sp³-hybridized carbons (Fsp3) is 0.300. The third-order valence-corrected chi connectivity index (χ3v) is 2.51. The maximum atomic E-state index is 5.95. The van der Waals surface area contributed by atoms with Crippen molar-refractivity contribution < 1.29 is 0 Å². The molecule has 3 nitrogen and oxygen atoms in total. The molecule has 1 aromatic carbocycles. The monoisotopic (exact) mass is 209 g/mol. The average molecular weight is 210 g/mol. The molecule has 0 fully saturated rings. The van der Waals surface area contributed by atoms with E-state index in [9.17, 15) is 0 Å². The van der Waals surface area contributed by atoms with E-state index < -0.39 is 0 Å². The van der Waals surface area contributed by atoms with Crippen molar-refractivity contribution in [1.29, 1.82) is 0 Å². The van der Waals surface area contributed by atoms with Gasteiger partial charge in [-0.25, -0.2) is 4.98 Å². The summed E-state index contributed by atoms with van der Waals surface area (Å²) in [5.74, 6) is 0.585. The first kappa shape index (κ1) is 9.49. The lowest BCUT2D eigenvalue weighted by molar-refractivity contribution is 0.704. The van der Waals surface area contributed by atoms with Crippen molar-refractivity contribution in [2.75, 3.05) is 5.88 Å². The normalized spacial score (nSPS) is 13.3. The molecule has 2 rings (SSSR count). The molecule has 14 heavy (non-hydrogen) atoms. The summed E-state index contributed by atoms with van der Waals surface area (Å²) in [6.45, 7) is 0. The van der Waals surface area contributed by atoms with Crippen LogP contribution in [-0.2, 0) is 0 Å². The highest BCUT2D eigenvalue weighted by Gasteiger charge is 2.06. The Morgan fingerprint density at radius 1 is 1.50 bits per heavy atom.